The number of nitrogens with zero attached hydrogens (tertiary/aromatic N) is 3. The lowest BCUT2D eigenvalue weighted by molar-refractivity contribution is 0.0698. The van der Waals surface area contributed by atoms with Crippen molar-refractivity contribution in [3.05, 3.63) is 75.9 Å². The van der Waals surface area contributed by atoms with Gasteiger partial charge in [0.1, 0.15) is 5.75 Å². The number of H-pyrrole nitrogens is 1. The number of rotatable bonds is 5. The first-order chi connectivity index (χ1) is 15.6. The van der Waals surface area contributed by atoms with E-state index in [9.17, 15) is 4.79 Å². The maximum absolute atomic E-state index is 13.3. The van der Waals surface area contributed by atoms with Crippen molar-refractivity contribution in [1.29, 1.82) is 0 Å². The maximum atomic E-state index is 13.3. The Kier molecular flexibility index (Phi) is 5.68. The van der Waals surface area contributed by atoms with Crippen molar-refractivity contribution in [3.8, 4) is 5.75 Å². The van der Waals surface area contributed by atoms with Crippen LogP contribution in [0.25, 0.3) is 0 Å². The van der Waals surface area contributed by atoms with Crippen LogP contribution in [0, 0.1) is 6.92 Å². The van der Waals surface area contributed by atoms with Crippen LogP contribution in [-0.4, -0.2) is 46.2 Å². The van der Waals surface area contributed by atoms with Gasteiger partial charge in [0.2, 0.25) is 0 Å². The van der Waals surface area contributed by atoms with Gasteiger partial charge in [-0.05, 0) is 68.4 Å². The van der Waals surface area contributed by atoms with Crippen LogP contribution in [0.2, 0.25) is 0 Å². The van der Waals surface area contributed by atoms with Crippen molar-refractivity contribution < 1.29 is 9.53 Å². The SMILES string of the molecule is COc1ccccc1Cc1cc(C)nc(C2CCCN(C(=O)c3n[nH]c4c3CCC4)C2)c1. The highest BCUT2D eigenvalue weighted by atomic mass is 16.5. The fourth-order valence-electron chi connectivity index (χ4n) is 5.20. The number of hydrogen-bond acceptors (Lipinski definition) is 4. The number of methoxy groups -OCH3 is 1. The first-order valence-corrected chi connectivity index (χ1v) is 11.6. The first-order valence-electron chi connectivity index (χ1n) is 11.6. The Morgan fingerprint density at radius 3 is 2.97 bits per heavy atom. The van der Waals surface area contributed by atoms with Crippen LogP contribution < -0.4 is 4.74 Å². The Morgan fingerprint density at radius 2 is 2.09 bits per heavy atom. The van der Waals surface area contributed by atoms with Gasteiger partial charge in [-0.15, -0.1) is 0 Å². The minimum atomic E-state index is 0.0657. The number of aromatic nitrogens is 3. The van der Waals surface area contributed by atoms with Gasteiger partial charge in [0.05, 0.1) is 7.11 Å². The predicted molar refractivity (Wildman–Crippen MR) is 123 cm³/mol. The molecule has 1 aliphatic heterocycles. The van der Waals surface area contributed by atoms with Gasteiger partial charge in [0.15, 0.2) is 5.69 Å². The summed E-state index contributed by atoms with van der Waals surface area (Å²) < 4.78 is 5.53. The molecule has 1 fully saturated rings. The van der Waals surface area contributed by atoms with E-state index in [1.807, 2.05) is 30.0 Å². The number of pyridine rings is 1. The molecule has 1 N–H and O–H groups in total. The van der Waals surface area contributed by atoms with Crippen LogP contribution >= 0.6 is 0 Å². The minimum Gasteiger partial charge on any atom is -0.496 e. The van der Waals surface area contributed by atoms with Crippen molar-refractivity contribution in [2.75, 3.05) is 20.2 Å². The van der Waals surface area contributed by atoms with E-state index in [-0.39, 0.29) is 11.8 Å². The Morgan fingerprint density at radius 1 is 1.22 bits per heavy atom. The number of likely N-dealkylation sites (tertiary alicyclic amines) is 1. The van der Waals surface area contributed by atoms with E-state index in [1.165, 1.54) is 11.1 Å². The molecule has 1 amide bonds. The molecule has 5 rings (SSSR count). The molecule has 1 aromatic carbocycles. The molecule has 0 bridgehead atoms. The van der Waals surface area contributed by atoms with E-state index in [0.29, 0.717) is 12.2 Å². The molecule has 2 aromatic heterocycles. The third-order valence-corrected chi connectivity index (χ3v) is 6.76. The van der Waals surface area contributed by atoms with E-state index < -0.39 is 0 Å². The van der Waals surface area contributed by atoms with Crippen molar-refractivity contribution in [1.82, 2.24) is 20.1 Å². The van der Waals surface area contributed by atoms with Crippen molar-refractivity contribution in [2.45, 2.75) is 51.4 Å². The van der Waals surface area contributed by atoms with Crippen LogP contribution in [0.5, 0.6) is 5.75 Å². The van der Waals surface area contributed by atoms with Crippen molar-refractivity contribution >= 4 is 5.91 Å². The van der Waals surface area contributed by atoms with Gasteiger partial charge in [-0.25, -0.2) is 0 Å². The standard InChI is InChI=1S/C26H30N4O2/c1-17-13-18(14-19-7-3-4-11-24(19)32-2)15-23(27-17)20-8-6-12-30(16-20)26(31)25-21-9-5-10-22(21)28-29-25/h3-4,7,11,13,15,20H,5-6,8-10,12,14,16H2,1-2H3,(H,28,29). The summed E-state index contributed by atoms with van der Waals surface area (Å²) in [6.45, 7) is 3.54. The molecular weight excluding hydrogens is 400 g/mol. The number of fused-ring (bicyclic) bond motifs is 1. The summed E-state index contributed by atoms with van der Waals surface area (Å²) in [5.41, 5.74) is 7.39. The lowest BCUT2D eigenvalue weighted by Crippen LogP contribution is -2.39. The zero-order valence-electron chi connectivity index (χ0n) is 18.9. The van der Waals surface area contributed by atoms with Crippen LogP contribution in [-0.2, 0) is 19.3 Å². The van der Waals surface area contributed by atoms with Gasteiger partial charge < -0.3 is 9.64 Å². The molecule has 3 heterocycles. The molecule has 166 valence electrons. The summed E-state index contributed by atoms with van der Waals surface area (Å²) in [7, 11) is 1.71. The summed E-state index contributed by atoms with van der Waals surface area (Å²) in [6.07, 6.45) is 5.90. The van der Waals surface area contributed by atoms with Gasteiger partial charge in [-0.1, -0.05) is 18.2 Å². The zero-order chi connectivity index (χ0) is 22.1. The average molecular weight is 431 g/mol. The highest BCUT2D eigenvalue weighted by molar-refractivity contribution is 5.94. The molecule has 2 aliphatic rings. The third kappa shape index (κ3) is 4.01. The van der Waals surface area contributed by atoms with Crippen LogP contribution in [0.4, 0.5) is 0 Å². The Bertz CT molecular complexity index is 1140. The highest BCUT2D eigenvalue weighted by Crippen LogP contribution is 2.30. The largest absolute Gasteiger partial charge is 0.496 e. The van der Waals surface area contributed by atoms with E-state index in [2.05, 4.69) is 28.4 Å². The summed E-state index contributed by atoms with van der Waals surface area (Å²) in [4.78, 5) is 20.1. The van der Waals surface area contributed by atoms with E-state index in [1.54, 1.807) is 7.11 Å². The fourth-order valence-corrected chi connectivity index (χ4v) is 5.20. The number of amides is 1. The second kappa shape index (κ2) is 8.77. The molecule has 6 heteroatoms. The monoisotopic (exact) mass is 430 g/mol. The molecule has 32 heavy (non-hydrogen) atoms. The lowest BCUT2D eigenvalue weighted by Gasteiger charge is -2.32. The molecule has 0 spiro atoms. The Hall–Kier alpha value is -3.15. The number of carbonyl (C=O) groups excluding carboxylic acids is 1. The number of hydrogen-bond donors (Lipinski definition) is 1. The second-order valence-electron chi connectivity index (χ2n) is 9.00. The van der Waals surface area contributed by atoms with E-state index >= 15 is 0 Å². The summed E-state index contributed by atoms with van der Waals surface area (Å²) in [5.74, 6) is 1.22. The summed E-state index contributed by atoms with van der Waals surface area (Å²) in [5, 5.41) is 7.43. The van der Waals surface area contributed by atoms with Crippen LogP contribution in [0.3, 0.4) is 0 Å². The number of para-hydroxylation sites is 1. The molecule has 6 nitrogen and oxygen atoms in total. The highest BCUT2D eigenvalue weighted by Gasteiger charge is 2.31. The average Bonchev–Trinajstić information content (AvgIpc) is 3.43. The normalized spacial score (nSPS) is 17.9. The number of ether oxygens (including phenoxy) is 1. The number of nitrogens with one attached hydrogen (secondary N) is 1. The second-order valence-corrected chi connectivity index (χ2v) is 9.00. The van der Waals surface area contributed by atoms with Gasteiger partial charge >= 0.3 is 0 Å². The molecule has 1 aliphatic carbocycles. The molecule has 1 atom stereocenters. The number of aryl methyl sites for hydroxylation is 2. The minimum absolute atomic E-state index is 0.0657. The lowest BCUT2D eigenvalue weighted by atomic mass is 9.92. The zero-order valence-corrected chi connectivity index (χ0v) is 18.9. The Labute approximate surface area is 189 Å². The molecular formula is C26H30N4O2. The molecule has 0 radical (unpaired) electrons. The third-order valence-electron chi connectivity index (χ3n) is 6.76. The quantitative estimate of drug-likeness (QED) is 0.658. The molecule has 1 saturated heterocycles. The van der Waals surface area contributed by atoms with Crippen LogP contribution in [0.15, 0.2) is 36.4 Å². The van der Waals surface area contributed by atoms with Gasteiger partial charge in [-0.2, -0.15) is 5.10 Å². The Balaban J connectivity index is 1.35. The van der Waals surface area contributed by atoms with Crippen molar-refractivity contribution in [3.63, 3.8) is 0 Å². The fraction of sp³-hybridized carbons (Fsp3) is 0.423. The molecule has 3 aromatic rings. The topological polar surface area (TPSA) is 71.1 Å². The predicted octanol–water partition coefficient (Wildman–Crippen LogP) is 4.22. The first kappa shape index (κ1) is 20.7. The van der Waals surface area contributed by atoms with Gasteiger partial charge in [-0.3, -0.25) is 14.9 Å². The maximum Gasteiger partial charge on any atom is 0.274 e. The number of aromatic amines is 1. The number of carbonyl (C=O) groups is 1. The van der Waals surface area contributed by atoms with Crippen molar-refractivity contribution in [2.24, 2.45) is 0 Å². The summed E-state index contributed by atoms with van der Waals surface area (Å²) in [6, 6.07) is 12.5. The van der Waals surface area contributed by atoms with E-state index in [0.717, 1.165) is 73.5 Å². The van der Waals surface area contributed by atoms with E-state index in [4.69, 9.17) is 9.72 Å². The molecule has 1 unspecified atom stereocenters. The van der Waals surface area contributed by atoms with Crippen LogP contribution in [0.1, 0.15) is 69.4 Å². The number of benzene rings is 1. The number of piperidine rings is 1. The van der Waals surface area contributed by atoms with Gasteiger partial charge in [0, 0.05) is 48.1 Å². The van der Waals surface area contributed by atoms with Gasteiger partial charge in [0.25, 0.3) is 5.91 Å². The molecule has 0 saturated carbocycles. The smallest absolute Gasteiger partial charge is 0.274 e. The summed E-state index contributed by atoms with van der Waals surface area (Å²) >= 11 is 0.